The lowest BCUT2D eigenvalue weighted by atomic mass is 10.1. The number of methoxy groups -OCH3 is 1. The molecule has 0 aliphatic heterocycles. The molecule has 0 heterocycles. The van der Waals surface area contributed by atoms with Gasteiger partial charge >= 0.3 is 0 Å². The highest BCUT2D eigenvalue weighted by atomic mass is 28.3. The highest BCUT2D eigenvalue weighted by Gasteiger charge is 2.44. The summed E-state index contributed by atoms with van der Waals surface area (Å²) in [4.78, 5) is 0. The zero-order valence-corrected chi connectivity index (χ0v) is 12.1. The van der Waals surface area contributed by atoms with Gasteiger partial charge in [-0.2, -0.15) is 0 Å². The maximum Gasteiger partial charge on any atom is 0.129 e. The third-order valence-electron chi connectivity index (χ3n) is 3.09. The molecule has 1 nitrogen and oxygen atoms in total. The lowest BCUT2D eigenvalue weighted by molar-refractivity contribution is 0.0789. The molecule has 2 heteroatoms. The van der Waals surface area contributed by atoms with Gasteiger partial charge in [0, 0.05) is 12.7 Å². The van der Waals surface area contributed by atoms with Crippen LogP contribution in [-0.2, 0) is 10.3 Å². The third kappa shape index (κ3) is 2.99. The summed E-state index contributed by atoms with van der Waals surface area (Å²) in [6, 6.07) is 8.54. The SMILES string of the molecule is COC1(c2ccc(C#C[Si](C)(C)C)cc2)CC1. The fourth-order valence-electron chi connectivity index (χ4n) is 1.84. The third-order valence-corrected chi connectivity index (χ3v) is 3.96. The molecule has 0 amide bonds. The summed E-state index contributed by atoms with van der Waals surface area (Å²) in [5.41, 5.74) is 5.81. The highest BCUT2D eigenvalue weighted by molar-refractivity contribution is 6.83. The Kier molecular flexibility index (Phi) is 3.16. The summed E-state index contributed by atoms with van der Waals surface area (Å²) in [6.07, 6.45) is 2.28. The topological polar surface area (TPSA) is 9.23 Å². The normalized spacial score (nSPS) is 17.2. The second-order valence-electron chi connectivity index (χ2n) is 5.78. The van der Waals surface area contributed by atoms with Crippen LogP contribution in [0.1, 0.15) is 24.0 Å². The smallest absolute Gasteiger partial charge is 0.129 e. The van der Waals surface area contributed by atoms with Gasteiger partial charge in [0.1, 0.15) is 8.07 Å². The summed E-state index contributed by atoms with van der Waals surface area (Å²) in [7, 11) is 0.527. The molecule has 0 aromatic heterocycles. The van der Waals surface area contributed by atoms with Gasteiger partial charge in [-0.05, 0) is 30.5 Å². The molecule has 1 fully saturated rings. The van der Waals surface area contributed by atoms with Crippen LogP contribution in [0, 0.1) is 11.5 Å². The average Bonchev–Trinajstić information content (AvgIpc) is 3.07. The fourth-order valence-corrected chi connectivity index (χ4v) is 2.36. The molecule has 17 heavy (non-hydrogen) atoms. The van der Waals surface area contributed by atoms with Crippen molar-refractivity contribution in [1.29, 1.82) is 0 Å². The Morgan fingerprint density at radius 2 is 1.71 bits per heavy atom. The van der Waals surface area contributed by atoms with Crippen molar-refractivity contribution in [1.82, 2.24) is 0 Å². The average molecular weight is 244 g/mol. The summed E-state index contributed by atoms with van der Waals surface area (Å²) in [6.45, 7) is 6.79. The predicted molar refractivity (Wildman–Crippen MR) is 74.6 cm³/mol. The van der Waals surface area contributed by atoms with Crippen LogP contribution in [0.3, 0.4) is 0 Å². The largest absolute Gasteiger partial charge is 0.374 e. The summed E-state index contributed by atoms with van der Waals surface area (Å²) in [5, 5.41) is 0. The summed E-state index contributed by atoms with van der Waals surface area (Å²) >= 11 is 0. The maximum absolute atomic E-state index is 5.56. The number of hydrogen-bond acceptors (Lipinski definition) is 1. The standard InChI is InChI=1S/C15H20OSi/c1-16-15(10-11-15)14-7-5-13(6-8-14)9-12-17(2,3)4/h5-8H,10-11H2,1-4H3. The van der Waals surface area contributed by atoms with E-state index in [1.165, 1.54) is 5.56 Å². The van der Waals surface area contributed by atoms with Gasteiger partial charge < -0.3 is 4.74 Å². The van der Waals surface area contributed by atoms with Crippen molar-refractivity contribution in [2.75, 3.05) is 7.11 Å². The Labute approximate surface area is 105 Å². The molecular weight excluding hydrogens is 224 g/mol. The van der Waals surface area contributed by atoms with Crippen molar-refractivity contribution < 1.29 is 4.74 Å². The van der Waals surface area contributed by atoms with Gasteiger partial charge in [0.25, 0.3) is 0 Å². The van der Waals surface area contributed by atoms with Gasteiger partial charge in [0.15, 0.2) is 0 Å². The molecule has 2 rings (SSSR count). The first kappa shape index (κ1) is 12.4. The van der Waals surface area contributed by atoms with E-state index in [2.05, 4.69) is 55.4 Å². The molecule has 0 atom stereocenters. The molecule has 1 aromatic carbocycles. The minimum absolute atomic E-state index is 0.0186. The zero-order chi connectivity index (χ0) is 12.5. The van der Waals surface area contributed by atoms with Gasteiger partial charge in [-0.15, -0.1) is 5.54 Å². The van der Waals surface area contributed by atoms with E-state index in [1.54, 1.807) is 7.11 Å². The van der Waals surface area contributed by atoms with Crippen molar-refractivity contribution in [3.8, 4) is 11.5 Å². The van der Waals surface area contributed by atoms with Crippen LogP contribution in [0.25, 0.3) is 0 Å². The highest BCUT2D eigenvalue weighted by Crippen LogP contribution is 2.48. The van der Waals surface area contributed by atoms with E-state index in [0.29, 0.717) is 0 Å². The second-order valence-corrected chi connectivity index (χ2v) is 10.5. The first-order chi connectivity index (χ1) is 7.95. The van der Waals surface area contributed by atoms with Crippen LogP contribution in [0.15, 0.2) is 24.3 Å². The lowest BCUT2D eigenvalue weighted by Crippen LogP contribution is -2.16. The van der Waals surface area contributed by atoms with Crippen LogP contribution in [0.5, 0.6) is 0 Å². The minimum Gasteiger partial charge on any atom is -0.374 e. The lowest BCUT2D eigenvalue weighted by Gasteiger charge is -2.13. The second kappa shape index (κ2) is 4.32. The molecule has 0 spiro atoms. The van der Waals surface area contributed by atoms with Gasteiger partial charge in [-0.1, -0.05) is 37.7 Å². The van der Waals surface area contributed by atoms with Gasteiger partial charge in [0.05, 0.1) is 5.60 Å². The molecule has 1 aromatic rings. The predicted octanol–water partition coefficient (Wildman–Crippen LogP) is 3.55. The molecule has 1 saturated carbocycles. The Hall–Kier alpha value is -1.04. The van der Waals surface area contributed by atoms with Crippen LogP contribution in [-0.4, -0.2) is 15.2 Å². The molecule has 0 bridgehead atoms. The number of rotatable bonds is 2. The van der Waals surface area contributed by atoms with Crippen LogP contribution in [0.4, 0.5) is 0 Å². The monoisotopic (exact) mass is 244 g/mol. The first-order valence-electron chi connectivity index (χ1n) is 6.14. The molecular formula is C15H20OSi. The summed E-state index contributed by atoms with van der Waals surface area (Å²) in [5.74, 6) is 3.27. The van der Waals surface area contributed by atoms with Crippen molar-refractivity contribution in [3.63, 3.8) is 0 Å². The van der Waals surface area contributed by atoms with Gasteiger partial charge in [0.2, 0.25) is 0 Å². The van der Waals surface area contributed by atoms with E-state index in [-0.39, 0.29) is 5.60 Å². The van der Waals surface area contributed by atoms with Crippen molar-refractivity contribution >= 4 is 8.07 Å². The molecule has 1 aliphatic carbocycles. The van der Waals surface area contributed by atoms with Gasteiger partial charge in [-0.3, -0.25) is 0 Å². The first-order valence-corrected chi connectivity index (χ1v) is 9.64. The molecule has 0 unspecified atom stereocenters. The Morgan fingerprint density at radius 3 is 2.12 bits per heavy atom. The Morgan fingerprint density at radius 1 is 1.12 bits per heavy atom. The molecule has 1 aliphatic rings. The van der Waals surface area contributed by atoms with Crippen LogP contribution < -0.4 is 0 Å². The van der Waals surface area contributed by atoms with E-state index < -0.39 is 8.07 Å². The summed E-state index contributed by atoms with van der Waals surface area (Å²) < 4.78 is 5.56. The molecule has 90 valence electrons. The number of ether oxygens (including phenoxy) is 1. The maximum atomic E-state index is 5.56. The minimum atomic E-state index is -1.27. The quantitative estimate of drug-likeness (QED) is 0.571. The zero-order valence-electron chi connectivity index (χ0n) is 11.1. The van der Waals surface area contributed by atoms with E-state index in [1.807, 2.05) is 0 Å². The van der Waals surface area contributed by atoms with Crippen molar-refractivity contribution in [3.05, 3.63) is 35.4 Å². The number of benzene rings is 1. The molecule has 0 N–H and O–H groups in total. The van der Waals surface area contributed by atoms with Gasteiger partial charge in [-0.25, -0.2) is 0 Å². The Bertz CT molecular complexity index is 452. The van der Waals surface area contributed by atoms with E-state index in [4.69, 9.17) is 4.74 Å². The van der Waals surface area contributed by atoms with Crippen molar-refractivity contribution in [2.24, 2.45) is 0 Å². The van der Waals surface area contributed by atoms with E-state index >= 15 is 0 Å². The number of hydrogen-bond donors (Lipinski definition) is 0. The Balaban J connectivity index is 2.16. The fraction of sp³-hybridized carbons (Fsp3) is 0.467. The van der Waals surface area contributed by atoms with E-state index in [9.17, 15) is 0 Å². The molecule has 0 radical (unpaired) electrons. The molecule has 0 saturated heterocycles. The van der Waals surface area contributed by atoms with E-state index in [0.717, 1.165) is 18.4 Å². The van der Waals surface area contributed by atoms with Crippen LogP contribution in [0.2, 0.25) is 19.6 Å². The van der Waals surface area contributed by atoms with Crippen LogP contribution >= 0.6 is 0 Å². The van der Waals surface area contributed by atoms with Crippen molar-refractivity contribution in [2.45, 2.75) is 38.1 Å².